The van der Waals surface area contributed by atoms with Gasteiger partial charge in [-0.1, -0.05) is 43.0 Å². The van der Waals surface area contributed by atoms with Crippen LogP contribution in [0.4, 0.5) is 4.79 Å². The van der Waals surface area contributed by atoms with Crippen LogP contribution in [0.5, 0.6) is 0 Å². The van der Waals surface area contributed by atoms with E-state index in [9.17, 15) is 9.59 Å². The number of carbonyl (C=O) groups is 2. The molecule has 2 fully saturated rings. The summed E-state index contributed by atoms with van der Waals surface area (Å²) in [6, 6.07) is 7.85. The molecule has 1 aliphatic carbocycles. The zero-order valence-electron chi connectivity index (χ0n) is 15.8. The molecule has 148 valence electrons. The molecule has 1 atom stereocenters. The van der Waals surface area contributed by atoms with E-state index in [0.717, 1.165) is 30.7 Å². The third-order valence-corrected chi connectivity index (χ3v) is 5.95. The van der Waals surface area contributed by atoms with Gasteiger partial charge < -0.3 is 20.3 Å². The van der Waals surface area contributed by atoms with Gasteiger partial charge in [-0.3, -0.25) is 4.79 Å². The molecule has 1 heterocycles. The number of urea groups is 1. The Kier molecular flexibility index (Phi) is 6.60. The highest BCUT2D eigenvalue weighted by molar-refractivity contribution is 6.30. The fourth-order valence-electron chi connectivity index (χ4n) is 4.12. The largest absolute Gasteiger partial charge is 0.365 e. The van der Waals surface area contributed by atoms with E-state index in [4.69, 9.17) is 16.3 Å². The summed E-state index contributed by atoms with van der Waals surface area (Å²) in [6.07, 6.45) is 5.01. The maximum absolute atomic E-state index is 12.7. The minimum atomic E-state index is -0.605. The molecule has 0 spiro atoms. The van der Waals surface area contributed by atoms with Crippen LogP contribution in [0.3, 0.4) is 0 Å². The molecule has 0 aromatic heterocycles. The van der Waals surface area contributed by atoms with Crippen molar-refractivity contribution in [3.63, 3.8) is 0 Å². The zero-order valence-corrected chi connectivity index (χ0v) is 16.6. The van der Waals surface area contributed by atoms with E-state index in [1.54, 1.807) is 11.9 Å². The third-order valence-electron chi connectivity index (χ3n) is 5.72. The Morgan fingerprint density at radius 1 is 1.30 bits per heavy atom. The van der Waals surface area contributed by atoms with Gasteiger partial charge in [0.15, 0.2) is 6.10 Å². The maximum atomic E-state index is 12.7. The second-order valence-electron chi connectivity index (χ2n) is 7.43. The quantitative estimate of drug-likeness (QED) is 0.826. The Hall–Kier alpha value is -1.79. The molecule has 1 aromatic rings. The van der Waals surface area contributed by atoms with E-state index in [-0.39, 0.29) is 23.9 Å². The Bertz CT molecular complexity index is 676. The monoisotopic (exact) mass is 393 g/mol. The van der Waals surface area contributed by atoms with Crippen LogP contribution in [-0.4, -0.2) is 56.2 Å². The van der Waals surface area contributed by atoms with Gasteiger partial charge in [0.25, 0.3) is 5.91 Å². The number of carbonyl (C=O) groups excluding carboxylic acids is 2. The van der Waals surface area contributed by atoms with Gasteiger partial charge in [-0.25, -0.2) is 4.79 Å². The molecule has 1 aromatic carbocycles. The van der Waals surface area contributed by atoms with E-state index in [1.807, 2.05) is 18.2 Å². The molecule has 1 aliphatic heterocycles. The van der Waals surface area contributed by atoms with Crippen LogP contribution < -0.4 is 10.6 Å². The van der Waals surface area contributed by atoms with Crippen molar-refractivity contribution in [3.05, 3.63) is 34.9 Å². The molecule has 3 rings (SSSR count). The van der Waals surface area contributed by atoms with Gasteiger partial charge >= 0.3 is 6.03 Å². The van der Waals surface area contributed by atoms with Crippen molar-refractivity contribution in [2.24, 2.45) is 0 Å². The lowest BCUT2D eigenvalue weighted by Crippen LogP contribution is -2.55. The average Bonchev–Trinajstić information content (AvgIpc) is 2.72. The zero-order chi connectivity index (χ0) is 19.3. The lowest BCUT2D eigenvalue weighted by molar-refractivity contribution is -0.136. The number of benzene rings is 1. The molecule has 0 bridgehead atoms. The van der Waals surface area contributed by atoms with Crippen LogP contribution in [0.2, 0.25) is 5.02 Å². The van der Waals surface area contributed by atoms with Gasteiger partial charge in [-0.15, -0.1) is 0 Å². The molecule has 1 unspecified atom stereocenters. The van der Waals surface area contributed by atoms with Crippen molar-refractivity contribution in [1.29, 1.82) is 0 Å². The Morgan fingerprint density at radius 2 is 2.07 bits per heavy atom. The number of morpholine rings is 1. The molecule has 1 saturated heterocycles. The van der Waals surface area contributed by atoms with Crippen molar-refractivity contribution in [1.82, 2.24) is 15.5 Å². The number of halogens is 1. The fourth-order valence-corrected chi connectivity index (χ4v) is 4.31. The normalized spacial score (nSPS) is 22.1. The van der Waals surface area contributed by atoms with Crippen LogP contribution in [0, 0.1) is 0 Å². The van der Waals surface area contributed by atoms with E-state index in [0.29, 0.717) is 19.7 Å². The molecular weight excluding hydrogens is 366 g/mol. The lowest BCUT2D eigenvalue weighted by Gasteiger charge is -2.39. The highest BCUT2D eigenvalue weighted by atomic mass is 35.5. The lowest BCUT2D eigenvalue weighted by atomic mass is 9.69. The number of likely N-dealkylation sites (N-methyl/N-ethyl adjacent to an activating group) is 1. The molecule has 3 amide bonds. The van der Waals surface area contributed by atoms with Gasteiger partial charge in [-0.2, -0.15) is 0 Å². The first-order valence-corrected chi connectivity index (χ1v) is 10.0. The molecule has 7 heteroatoms. The van der Waals surface area contributed by atoms with Crippen LogP contribution in [-0.2, 0) is 14.9 Å². The van der Waals surface area contributed by atoms with E-state index in [2.05, 4.69) is 16.7 Å². The molecule has 2 aliphatic rings. The average molecular weight is 394 g/mol. The summed E-state index contributed by atoms with van der Waals surface area (Å²) in [5, 5.41) is 6.42. The van der Waals surface area contributed by atoms with E-state index in [1.165, 1.54) is 12.0 Å². The highest BCUT2D eigenvalue weighted by Gasteiger charge is 2.35. The van der Waals surface area contributed by atoms with Crippen molar-refractivity contribution in [2.45, 2.75) is 43.6 Å². The standard InChI is InChI=1S/C20H28ClN3O3/c1-22-18(25)17-13-24(10-11-27-17)19(26)23-14-20(8-3-2-4-9-20)15-6-5-7-16(21)12-15/h5-7,12,17H,2-4,8-11,13-14H2,1H3,(H,22,25)(H,23,26). The van der Waals surface area contributed by atoms with Gasteiger partial charge in [0.05, 0.1) is 13.2 Å². The Morgan fingerprint density at radius 3 is 2.78 bits per heavy atom. The summed E-state index contributed by atoms with van der Waals surface area (Å²) in [5.41, 5.74) is 1.12. The third kappa shape index (κ3) is 4.74. The maximum Gasteiger partial charge on any atom is 0.317 e. The SMILES string of the molecule is CNC(=O)C1CN(C(=O)NCC2(c3cccc(Cl)c3)CCCCC2)CCO1. The van der Waals surface area contributed by atoms with Crippen LogP contribution in [0.1, 0.15) is 37.7 Å². The van der Waals surface area contributed by atoms with Crippen LogP contribution >= 0.6 is 11.6 Å². The summed E-state index contributed by atoms with van der Waals surface area (Å²) in [4.78, 5) is 26.2. The first-order valence-electron chi connectivity index (χ1n) is 9.66. The van der Waals surface area contributed by atoms with Gasteiger partial charge in [0.2, 0.25) is 0 Å². The summed E-state index contributed by atoms with van der Waals surface area (Å²) in [6.45, 7) is 1.71. The smallest absolute Gasteiger partial charge is 0.317 e. The number of hydrogen-bond donors (Lipinski definition) is 2. The Labute approximate surface area is 165 Å². The summed E-state index contributed by atoms with van der Waals surface area (Å²) >= 11 is 6.22. The van der Waals surface area contributed by atoms with Gasteiger partial charge in [-0.05, 0) is 30.5 Å². The van der Waals surface area contributed by atoms with Crippen molar-refractivity contribution in [2.75, 3.05) is 33.3 Å². The molecule has 27 heavy (non-hydrogen) atoms. The van der Waals surface area contributed by atoms with Crippen molar-refractivity contribution < 1.29 is 14.3 Å². The topological polar surface area (TPSA) is 70.7 Å². The predicted molar refractivity (Wildman–Crippen MR) is 105 cm³/mol. The number of amides is 3. The number of rotatable bonds is 4. The first-order chi connectivity index (χ1) is 13.0. The summed E-state index contributed by atoms with van der Waals surface area (Å²) in [5.74, 6) is -0.199. The van der Waals surface area contributed by atoms with Gasteiger partial charge in [0, 0.05) is 30.6 Å². The number of hydrogen-bond acceptors (Lipinski definition) is 3. The van der Waals surface area contributed by atoms with E-state index >= 15 is 0 Å². The Balaban J connectivity index is 1.66. The number of nitrogens with zero attached hydrogens (tertiary/aromatic N) is 1. The molecule has 0 radical (unpaired) electrons. The van der Waals surface area contributed by atoms with Crippen LogP contribution in [0.25, 0.3) is 0 Å². The highest BCUT2D eigenvalue weighted by Crippen LogP contribution is 2.39. The molecule has 1 saturated carbocycles. The predicted octanol–water partition coefficient (Wildman–Crippen LogP) is 2.70. The number of ether oxygens (including phenoxy) is 1. The molecule has 6 nitrogen and oxygen atoms in total. The van der Waals surface area contributed by atoms with Crippen molar-refractivity contribution in [3.8, 4) is 0 Å². The van der Waals surface area contributed by atoms with Crippen molar-refractivity contribution >= 4 is 23.5 Å². The second-order valence-corrected chi connectivity index (χ2v) is 7.87. The molecule has 2 N–H and O–H groups in total. The minimum Gasteiger partial charge on any atom is -0.365 e. The minimum absolute atomic E-state index is 0.0781. The summed E-state index contributed by atoms with van der Waals surface area (Å²) in [7, 11) is 1.57. The van der Waals surface area contributed by atoms with E-state index < -0.39 is 6.10 Å². The number of nitrogens with one attached hydrogen (secondary N) is 2. The van der Waals surface area contributed by atoms with Crippen LogP contribution in [0.15, 0.2) is 24.3 Å². The fraction of sp³-hybridized carbons (Fsp3) is 0.600. The van der Waals surface area contributed by atoms with Gasteiger partial charge in [0.1, 0.15) is 0 Å². The molecular formula is C20H28ClN3O3. The first kappa shape index (κ1) is 20.0. The summed E-state index contributed by atoms with van der Waals surface area (Å²) < 4.78 is 5.46. The second kappa shape index (κ2) is 8.93.